The summed E-state index contributed by atoms with van der Waals surface area (Å²) < 4.78 is 60.5. The third-order valence-electron chi connectivity index (χ3n) is 12.9. The molecule has 5 aromatic carbocycles. The van der Waals surface area contributed by atoms with Crippen molar-refractivity contribution >= 4 is 30.4 Å². The van der Waals surface area contributed by atoms with E-state index in [1.54, 1.807) is 6.08 Å². The van der Waals surface area contributed by atoms with Gasteiger partial charge in [0.15, 0.2) is 18.7 Å². The van der Waals surface area contributed by atoms with Crippen LogP contribution in [0.2, 0.25) is 5.04 Å². The maximum absolute atomic E-state index is 13.8. The molecular formula is C57H67N3O12Si. The standard InChI is InChI=1S/C57H67N3O12Si/c1-6-34-65-55-49(59-60-58)52(66-36-42-24-14-8-15-25-42)51(47(70-55)39-68-73(57(3,4)5,44-28-18-10-19-29-44)45-30-20-11-21-31-45)72-56-54(71-48(62)33-32-40(2)61)53(67-37-43-26-16-9-17-27-43)50(63)46(69-56)38-64-35-41-22-12-7-13-23-41/h6-31,46-47,49-56,63H,1,32-39H2,2-5H3/t46-,47+,49+,50+,51+,52+,53-,54+,55+,56-/m0/s1. The molecule has 2 fully saturated rings. The van der Waals surface area contributed by atoms with Gasteiger partial charge in [-0.1, -0.05) is 184 Å². The van der Waals surface area contributed by atoms with E-state index in [0.717, 1.165) is 27.1 Å². The molecule has 0 unspecified atom stereocenters. The van der Waals surface area contributed by atoms with Crippen LogP contribution in [0.25, 0.3) is 10.4 Å². The van der Waals surface area contributed by atoms with Gasteiger partial charge in [-0.05, 0) is 44.6 Å². The van der Waals surface area contributed by atoms with Gasteiger partial charge in [-0.3, -0.25) is 4.79 Å². The summed E-state index contributed by atoms with van der Waals surface area (Å²) in [6.45, 7) is 11.8. The van der Waals surface area contributed by atoms with Crippen LogP contribution in [0.15, 0.2) is 169 Å². The fraction of sp³-hybridized carbons (Fsp3) is 0.404. The highest BCUT2D eigenvalue weighted by molar-refractivity contribution is 6.99. The molecule has 2 heterocycles. The second-order valence-electron chi connectivity index (χ2n) is 19.1. The van der Waals surface area contributed by atoms with Crippen LogP contribution in [0, 0.1) is 0 Å². The van der Waals surface area contributed by atoms with E-state index in [2.05, 4.69) is 61.6 Å². The minimum atomic E-state index is -3.27. The number of hydrogen-bond acceptors (Lipinski definition) is 13. The van der Waals surface area contributed by atoms with Crippen LogP contribution in [0.1, 0.15) is 57.2 Å². The predicted molar refractivity (Wildman–Crippen MR) is 277 cm³/mol. The summed E-state index contributed by atoms with van der Waals surface area (Å²) in [6.07, 6.45) is -10.1. The van der Waals surface area contributed by atoms with Crippen molar-refractivity contribution in [1.82, 2.24) is 0 Å². The molecule has 10 atom stereocenters. The van der Waals surface area contributed by atoms with Crippen LogP contribution in [-0.2, 0) is 71.7 Å². The van der Waals surface area contributed by atoms with E-state index in [0.29, 0.717) is 0 Å². The molecule has 15 nitrogen and oxygen atoms in total. The molecule has 0 bridgehead atoms. The molecule has 5 aromatic rings. The maximum atomic E-state index is 13.8. The van der Waals surface area contributed by atoms with E-state index in [4.69, 9.17) is 42.3 Å². The lowest BCUT2D eigenvalue weighted by molar-refractivity contribution is -0.354. The number of Topliss-reactive ketones (excluding diaryl/α,β-unsaturated/α-hetero) is 1. The number of azide groups is 1. The first-order valence-electron chi connectivity index (χ1n) is 24.7. The Morgan fingerprint density at radius 2 is 1.18 bits per heavy atom. The number of aliphatic hydroxyl groups excluding tert-OH is 1. The van der Waals surface area contributed by atoms with E-state index in [1.807, 2.05) is 127 Å². The zero-order valence-corrected chi connectivity index (χ0v) is 42.9. The van der Waals surface area contributed by atoms with Gasteiger partial charge in [0.25, 0.3) is 8.32 Å². The number of hydrogen-bond donors (Lipinski definition) is 1. The van der Waals surface area contributed by atoms with Crippen LogP contribution in [0.5, 0.6) is 0 Å². The zero-order valence-electron chi connectivity index (χ0n) is 41.9. The number of carbonyl (C=O) groups excluding carboxylic acids is 2. The Labute approximate surface area is 429 Å². The molecular weight excluding hydrogens is 947 g/mol. The summed E-state index contributed by atoms with van der Waals surface area (Å²) in [7, 11) is -3.27. The Hall–Kier alpha value is -5.85. The monoisotopic (exact) mass is 1010 g/mol. The molecule has 0 amide bonds. The maximum Gasteiger partial charge on any atom is 0.306 e. The van der Waals surface area contributed by atoms with Gasteiger partial charge in [-0.25, -0.2) is 0 Å². The second kappa shape index (κ2) is 26.9. The van der Waals surface area contributed by atoms with Gasteiger partial charge in [0.2, 0.25) is 0 Å². The van der Waals surface area contributed by atoms with Gasteiger partial charge in [0, 0.05) is 11.3 Å². The Kier molecular flexibility index (Phi) is 20.2. The van der Waals surface area contributed by atoms with Crippen molar-refractivity contribution in [2.75, 3.05) is 19.8 Å². The summed E-state index contributed by atoms with van der Waals surface area (Å²) in [5, 5.41) is 18.1. The number of carbonyl (C=O) groups is 2. The summed E-state index contributed by atoms with van der Waals surface area (Å²) in [6, 6.07) is 47.5. The predicted octanol–water partition coefficient (Wildman–Crippen LogP) is 8.31. The molecule has 16 heteroatoms. The molecule has 0 aromatic heterocycles. The van der Waals surface area contributed by atoms with Gasteiger partial charge < -0.3 is 52.2 Å². The van der Waals surface area contributed by atoms with Crippen molar-refractivity contribution in [2.45, 2.75) is 127 Å². The summed E-state index contributed by atoms with van der Waals surface area (Å²) in [4.78, 5) is 29.2. The van der Waals surface area contributed by atoms with Gasteiger partial charge in [0.05, 0.1) is 46.1 Å². The molecule has 1 N–H and O–H groups in total. The van der Waals surface area contributed by atoms with Crippen LogP contribution in [0.4, 0.5) is 0 Å². The number of ether oxygens (including phenoxy) is 8. The Morgan fingerprint density at radius 1 is 0.671 bits per heavy atom. The molecule has 73 heavy (non-hydrogen) atoms. The van der Waals surface area contributed by atoms with Crippen molar-refractivity contribution in [3.05, 3.63) is 191 Å². The Bertz CT molecular complexity index is 2480. The highest BCUT2D eigenvalue weighted by atomic mass is 28.4. The molecule has 7 rings (SSSR count). The molecule has 2 aliphatic heterocycles. The van der Waals surface area contributed by atoms with Crippen LogP contribution in [0.3, 0.4) is 0 Å². The highest BCUT2D eigenvalue weighted by Gasteiger charge is 2.56. The number of ketones is 1. The van der Waals surface area contributed by atoms with Gasteiger partial charge in [0.1, 0.15) is 48.4 Å². The molecule has 0 saturated carbocycles. The fourth-order valence-electron chi connectivity index (χ4n) is 9.33. The molecule has 0 spiro atoms. The lowest BCUT2D eigenvalue weighted by Crippen LogP contribution is -2.69. The first kappa shape index (κ1) is 54.9. The van der Waals surface area contributed by atoms with Crippen LogP contribution >= 0.6 is 0 Å². The number of aliphatic hydroxyl groups is 1. The van der Waals surface area contributed by atoms with Crippen molar-refractivity contribution in [3.8, 4) is 0 Å². The quantitative estimate of drug-likeness (QED) is 0.0147. The van der Waals surface area contributed by atoms with E-state index >= 15 is 0 Å². The normalized spacial score (nSPS) is 24.2. The lowest BCUT2D eigenvalue weighted by Gasteiger charge is -2.50. The van der Waals surface area contributed by atoms with Crippen molar-refractivity contribution in [3.63, 3.8) is 0 Å². The average Bonchev–Trinajstić information content (AvgIpc) is 3.40. The smallest absolute Gasteiger partial charge is 0.306 e. The summed E-state index contributed by atoms with van der Waals surface area (Å²) >= 11 is 0. The lowest BCUT2D eigenvalue weighted by atomic mass is 9.95. The molecule has 386 valence electrons. The Balaban J connectivity index is 1.35. The largest absolute Gasteiger partial charge is 0.454 e. The number of nitrogens with zero attached hydrogens (tertiary/aromatic N) is 3. The van der Waals surface area contributed by atoms with Crippen molar-refractivity contribution in [1.29, 1.82) is 0 Å². The van der Waals surface area contributed by atoms with Crippen LogP contribution in [-0.4, -0.2) is 106 Å². The topological polar surface area (TPSA) is 186 Å². The SMILES string of the molecule is C=CCO[C@@H]1O[C@H](CO[Si](c2ccccc2)(c2ccccc2)C(C)(C)C)[C@@H](O[C@@H]2O[C@@H](COCc3ccccc3)[C@@H](O)[C@H](OCc3ccccc3)[C@H]2OC(=O)CCC(C)=O)[C@H](OCc2ccccc2)[C@H]1N=[N+]=[N-]. The fourth-order valence-corrected chi connectivity index (χ4v) is 13.9. The average molecular weight is 1010 g/mol. The number of esters is 1. The third-order valence-corrected chi connectivity index (χ3v) is 17.9. The van der Waals surface area contributed by atoms with Crippen molar-refractivity contribution in [2.24, 2.45) is 5.11 Å². The van der Waals surface area contributed by atoms with E-state index in [-0.39, 0.29) is 58.3 Å². The first-order chi connectivity index (χ1) is 35.4. The Morgan fingerprint density at radius 3 is 1.68 bits per heavy atom. The van der Waals surface area contributed by atoms with E-state index in [1.165, 1.54) is 6.92 Å². The molecule has 0 radical (unpaired) electrons. The second-order valence-corrected chi connectivity index (χ2v) is 23.5. The molecule has 0 aliphatic carbocycles. The minimum absolute atomic E-state index is 0.0138. The first-order valence-corrected chi connectivity index (χ1v) is 26.6. The summed E-state index contributed by atoms with van der Waals surface area (Å²) in [5.74, 6) is -0.958. The number of rotatable bonds is 25. The van der Waals surface area contributed by atoms with Crippen LogP contribution < -0.4 is 10.4 Å². The molecule has 2 aliphatic rings. The van der Waals surface area contributed by atoms with E-state index in [9.17, 15) is 20.2 Å². The van der Waals surface area contributed by atoms with Crippen molar-refractivity contribution < 1.29 is 57.0 Å². The van der Waals surface area contributed by atoms with Gasteiger partial charge in [-0.2, -0.15) is 0 Å². The minimum Gasteiger partial charge on any atom is -0.454 e. The van der Waals surface area contributed by atoms with Gasteiger partial charge >= 0.3 is 5.97 Å². The number of benzene rings is 5. The zero-order chi connectivity index (χ0) is 51.6. The van der Waals surface area contributed by atoms with Gasteiger partial charge in [-0.15, -0.1) is 6.58 Å². The summed E-state index contributed by atoms with van der Waals surface area (Å²) in [5.41, 5.74) is 12.7. The third kappa shape index (κ3) is 14.5. The van der Waals surface area contributed by atoms with E-state index < -0.39 is 80.7 Å². The molecule has 2 saturated heterocycles. The highest BCUT2D eigenvalue weighted by Crippen LogP contribution is 2.40.